The summed E-state index contributed by atoms with van der Waals surface area (Å²) in [5, 5.41) is 0. The first kappa shape index (κ1) is 19.5. The zero-order valence-electron chi connectivity index (χ0n) is 16.0. The minimum absolute atomic E-state index is 0.00634. The van der Waals surface area contributed by atoms with Gasteiger partial charge in [0.05, 0.1) is 0 Å². The molecule has 6 heteroatoms. The maximum atomic E-state index is 12.7. The number of ketones is 2. The minimum Gasteiger partial charge on any atom is -0.302 e. The minimum atomic E-state index is -0.334. The molecular formula is C22H23N3O3. The van der Waals surface area contributed by atoms with Crippen molar-refractivity contribution in [3.8, 4) is 0 Å². The second kappa shape index (κ2) is 8.17. The molecular weight excluding hydrogens is 354 g/mol. The highest BCUT2D eigenvalue weighted by Crippen LogP contribution is 2.36. The first-order valence-corrected chi connectivity index (χ1v) is 9.15. The van der Waals surface area contributed by atoms with E-state index in [0.29, 0.717) is 35.2 Å². The number of benzene rings is 1. The Morgan fingerprint density at radius 1 is 1.00 bits per heavy atom. The third kappa shape index (κ3) is 4.71. The van der Waals surface area contributed by atoms with Crippen LogP contribution < -0.4 is 10.9 Å². The van der Waals surface area contributed by atoms with Crippen molar-refractivity contribution >= 4 is 17.5 Å². The Morgan fingerprint density at radius 2 is 1.68 bits per heavy atom. The number of nitrogens with one attached hydrogen (secondary N) is 2. The zero-order chi connectivity index (χ0) is 20.1. The number of aromatic nitrogens is 1. The van der Waals surface area contributed by atoms with E-state index < -0.39 is 0 Å². The Kier molecular flexibility index (Phi) is 5.68. The highest BCUT2D eigenvalue weighted by molar-refractivity contribution is 6.06. The van der Waals surface area contributed by atoms with Gasteiger partial charge < -0.3 is 5.43 Å². The first-order chi connectivity index (χ1) is 13.4. The summed E-state index contributed by atoms with van der Waals surface area (Å²) in [5.74, 6) is -0.524. The van der Waals surface area contributed by atoms with Crippen molar-refractivity contribution in [2.45, 2.75) is 33.1 Å². The van der Waals surface area contributed by atoms with Crippen molar-refractivity contribution in [2.24, 2.45) is 5.41 Å². The van der Waals surface area contributed by atoms with E-state index >= 15 is 0 Å². The summed E-state index contributed by atoms with van der Waals surface area (Å²) in [5.41, 5.74) is 7.32. The Morgan fingerprint density at radius 3 is 2.36 bits per heavy atom. The molecule has 0 spiro atoms. The van der Waals surface area contributed by atoms with Crippen LogP contribution in [0.2, 0.25) is 0 Å². The molecule has 2 N–H and O–H groups in total. The lowest BCUT2D eigenvalue weighted by Crippen LogP contribution is -2.41. The predicted molar refractivity (Wildman–Crippen MR) is 105 cm³/mol. The summed E-state index contributed by atoms with van der Waals surface area (Å²) in [7, 11) is 0. The van der Waals surface area contributed by atoms with E-state index in [1.165, 1.54) is 12.4 Å². The normalized spacial score (nSPS) is 15.9. The fourth-order valence-electron chi connectivity index (χ4n) is 3.28. The Bertz CT molecular complexity index is 919. The number of hydrazine groups is 1. The number of allylic oxidation sites excluding steroid dienone is 2. The lowest BCUT2D eigenvalue weighted by atomic mass is 9.75. The van der Waals surface area contributed by atoms with Gasteiger partial charge in [0.15, 0.2) is 11.6 Å². The summed E-state index contributed by atoms with van der Waals surface area (Å²) in [4.78, 5) is 41.5. The van der Waals surface area contributed by atoms with Gasteiger partial charge in [-0.2, -0.15) is 0 Å². The summed E-state index contributed by atoms with van der Waals surface area (Å²) in [6.07, 6.45) is 4.00. The van der Waals surface area contributed by atoms with E-state index in [0.717, 1.165) is 0 Å². The van der Waals surface area contributed by atoms with Gasteiger partial charge in [0.25, 0.3) is 5.91 Å². The van der Waals surface area contributed by atoms with Crippen molar-refractivity contribution in [1.29, 1.82) is 0 Å². The standard InChI is InChI=1S/C22H23N3O3/c1-22(2)13-18(24-25-21(28)16-8-10-23-11-9-16)17(20(27)14-22)12-19(26)15-6-4-3-5-7-15/h3-11,24H,12-14H2,1-2H3,(H,25,28). The van der Waals surface area contributed by atoms with Crippen LogP contribution in [0.15, 0.2) is 66.1 Å². The first-order valence-electron chi connectivity index (χ1n) is 9.15. The molecule has 0 saturated carbocycles. The molecule has 0 atom stereocenters. The van der Waals surface area contributed by atoms with Crippen LogP contribution in [-0.4, -0.2) is 22.5 Å². The third-order valence-electron chi connectivity index (χ3n) is 4.70. The van der Waals surface area contributed by atoms with Gasteiger partial charge in [-0.25, -0.2) is 0 Å². The largest absolute Gasteiger partial charge is 0.302 e. The van der Waals surface area contributed by atoms with Crippen LogP contribution in [0, 0.1) is 5.41 Å². The van der Waals surface area contributed by atoms with Gasteiger partial charge in [-0.15, -0.1) is 0 Å². The second-order valence-corrected chi connectivity index (χ2v) is 7.68. The van der Waals surface area contributed by atoms with Gasteiger partial charge in [0.1, 0.15) is 0 Å². The lowest BCUT2D eigenvalue weighted by molar-refractivity contribution is -0.118. The van der Waals surface area contributed by atoms with Crippen molar-refractivity contribution in [3.05, 3.63) is 77.3 Å². The van der Waals surface area contributed by atoms with E-state index in [2.05, 4.69) is 15.8 Å². The molecule has 1 aliphatic carbocycles. The number of amides is 1. The average Bonchev–Trinajstić information content (AvgIpc) is 2.69. The quantitative estimate of drug-likeness (QED) is 0.596. The third-order valence-corrected chi connectivity index (χ3v) is 4.70. The number of carbonyl (C=O) groups excluding carboxylic acids is 3. The van der Waals surface area contributed by atoms with Crippen LogP contribution in [0.25, 0.3) is 0 Å². The molecule has 0 fully saturated rings. The summed E-state index contributed by atoms with van der Waals surface area (Å²) in [6, 6.07) is 12.1. The monoisotopic (exact) mass is 377 g/mol. The van der Waals surface area contributed by atoms with Crippen LogP contribution in [0.3, 0.4) is 0 Å². The maximum Gasteiger partial charge on any atom is 0.269 e. The number of carbonyl (C=O) groups is 3. The van der Waals surface area contributed by atoms with E-state index in [1.54, 1.807) is 36.4 Å². The highest BCUT2D eigenvalue weighted by Gasteiger charge is 2.34. The molecule has 3 rings (SSSR count). The van der Waals surface area contributed by atoms with Gasteiger partial charge in [-0.3, -0.25) is 24.8 Å². The number of hydrogen-bond acceptors (Lipinski definition) is 5. The van der Waals surface area contributed by atoms with Crippen molar-refractivity contribution in [1.82, 2.24) is 15.8 Å². The fraction of sp³-hybridized carbons (Fsp3) is 0.273. The van der Waals surface area contributed by atoms with Crippen molar-refractivity contribution < 1.29 is 14.4 Å². The zero-order valence-corrected chi connectivity index (χ0v) is 16.0. The van der Waals surface area contributed by atoms with Gasteiger partial charge in [0, 0.05) is 47.6 Å². The summed E-state index contributed by atoms with van der Waals surface area (Å²) in [6.45, 7) is 3.99. The maximum absolute atomic E-state index is 12.7. The smallest absolute Gasteiger partial charge is 0.269 e. The molecule has 1 aromatic carbocycles. The number of nitrogens with zero attached hydrogens (tertiary/aromatic N) is 1. The van der Waals surface area contributed by atoms with Crippen LogP contribution in [0.5, 0.6) is 0 Å². The van der Waals surface area contributed by atoms with Crippen LogP contribution >= 0.6 is 0 Å². The number of pyridine rings is 1. The van der Waals surface area contributed by atoms with E-state index in [9.17, 15) is 14.4 Å². The van der Waals surface area contributed by atoms with E-state index in [1.807, 2.05) is 19.9 Å². The van der Waals surface area contributed by atoms with Crippen LogP contribution in [0.4, 0.5) is 0 Å². The molecule has 1 aromatic heterocycles. The molecule has 1 amide bonds. The van der Waals surface area contributed by atoms with Gasteiger partial charge in [0.2, 0.25) is 0 Å². The molecule has 6 nitrogen and oxygen atoms in total. The Hall–Kier alpha value is -3.28. The fourth-order valence-corrected chi connectivity index (χ4v) is 3.28. The highest BCUT2D eigenvalue weighted by atomic mass is 16.2. The topological polar surface area (TPSA) is 88.2 Å². The van der Waals surface area contributed by atoms with Crippen molar-refractivity contribution in [2.75, 3.05) is 0 Å². The second-order valence-electron chi connectivity index (χ2n) is 7.68. The number of rotatable bonds is 6. The number of hydrogen-bond donors (Lipinski definition) is 2. The molecule has 0 aliphatic heterocycles. The van der Waals surface area contributed by atoms with Crippen molar-refractivity contribution in [3.63, 3.8) is 0 Å². The molecule has 28 heavy (non-hydrogen) atoms. The SMILES string of the molecule is CC1(C)CC(=O)C(CC(=O)c2ccccc2)=C(NNC(=O)c2ccncc2)C1. The molecule has 1 heterocycles. The predicted octanol–water partition coefficient (Wildman–Crippen LogP) is 3.23. The summed E-state index contributed by atoms with van der Waals surface area (Å²) >= 11 is 0. The van der Waals surface area contributed by atoms with E-state index in [-0.39, 0.29) is 29.3 Å². The van der Waals surface area contributed by atoms with Gasteiger partial charge >= 0.3 is 0 Å². The molecule has 0 radical (unpaired) electrons. The molecule has 144 valence electrons. The Balaban J connectivity index is 1.81. The van der Waals surface area contributed by atoms with Crippen LogP contribution in [-0.2, 0) is 4.79 Å². The van der Waals surface area contributed by atoms with Gasteiger partial charge in [-0.1, -0.05) is 44.2 Å². The molecule has 2 aromatic rings. The average molecular weight is 377 g/mol. The molecule has 1 aliphatic rings. The van der Waals surface area contributed by atoms with Crippen LogP contribution in [0.1, 0.15) is 53.8 Å². The number of Topliss-reactive ketones (excluding diaryl/α,β-unsaturated/α-hetero) is 2. The lowest BCUT2D eigenvalue weighted by Gasteiger charge is -2.32. The molecule has 0 unspecified atom stereocenters. The molecule has 0 saturated heterocycles. The van der Waals surface area contributed by atoms with Gasteiger partial charge in [-0.05, 0) is 24.0 Å². The van der Waals surface area contributed by atoms with E-state index in [4.69, 9.17) is 0 Å². The summed E-state index contributed by atoms with van der Waals surface area (Å²) < 4.78 is 0. The molecule has 0 bridgehead atoms. The Labute approximate surface area is 164 Å².